The van der Waals surface area contributed by atoms with Crippen LogP contribution in [0.25, 0.3) is 0 Å². The molecule has 5 amide bonds. The quantitative estimate of drug-likeness (QED) is 0.147. The number of ether oxygens (including phenoxy) is 5. The Bertz CT molecular complexity index is 2680. The van der Waals surface area contributed by atoms with Crippen molar-refractivity contribution in [3.05, 3.63) is 24.3 Å². The number of nitrogens with zero attached hydrogens (tertiary/aromatic N) is 5. The van der Waals surface area contributed by atoms with Gasteiger partial charge in [-0.15, -0.1) is 0 Å². The molecule has 0 aromatic carbocycles. The molecule has 0 radical (unpaired) electrons. The molecule has 25 nitrogen and oxygen atoms in total. The molecule has 0 aromatic heterocycles. The van der Waals surface area contributed by atoms with Crippen LogP contribution in [-0.4, -0.2) is 211 Å². The van der Waals surface area contributed by atoms with Crippen molar-refractivity contribution in [2.24, 2.45) is 29.6 Å². The first-order valence-electron chi connectivity index (χ1n) is 33.8. The predicted molar refractivity (Wildman–Crippen MR) is 348 cm³/mol. The first kappa shape index (κ1) is 77.4. The van der Waals surface area contributed by atoms with Crippen molar-refractivity contribution in [3.63, 3.8) is 0 Å². The summed E-state index contributed by atoms with van der Waals surface area (Å²) in [5.74, 6) is -1.95. The number of amides is 5. The highest BCUT2D eigenvalue weighted by molar-refractivity contribution is 5.96. The summed E-state index contributed by atoms with van der Waals surface area (Å²) >= 11 is 0. The summed E-state index contributed by atoms with van der Waals surface area (Å²) in [6.07, 6.45) is 7.21. The number of ketones is 4. The molecule has 5 saturated carbocycles. The molecule has 5 aliphatic carbocycles. The molecule has 25 heteroatoms. The van der Waals surface area contributed by atoms with Crippen molar-refractivity contribution in [1.82, 2.24) is 24.5 Å². The van der Waals surface area contributed by atoms with Crippen LogP contribution < -0.4 is 0 Å². The molecule has 15 aliphatic rings. The van der Waals surface area contributed by atoms with E-state index in [2.05, 4.69) is 13.2 Å². The van der Waals surface area contributed by atoms with Crippen LogP contribution in [-0.2, 0) is 52.5 Å². The molecule has 95 heavy (non-hydrogen) atoms. The molecular formula is C70H109N5O20. The Morgan fingerprint density at radius 2 is 0.600 bits per heavy atom. The lowest BCUT2D eigenvalue weighted by molar-refractivity contribution is -0.158. The van der Waals surface area contributed by atoms with Crippen molar-refractivity contribution in [3.8, 4) is 0 Å². The van der Waals surface area contributed by atoms with E-state index in [-0.39, 0.29) is 83.0 Å². The zero-order chi connectivity index (χ0) is 71.8. The number of Topliss-reactive ketones (excluding diaryl/α,β-unsaturated/α-hetero) is 4. The van der Waals surface area contributed by atoms with Crippen LogP contribution in [0, 0.1) is 29.6 Å². The van der Waals surface area contributed by atoms with Crippen molar-refractivity contribution >= 4 is 65.5 Å². The third-order valence-corrected chi connectivity index (χ3v) is 19.1. The van der Waals surface area contributed by atoms with E-state index in [9.17, 15) is 73.2 Å². The smallest absolute Gasteiger partial charge is 0.411 e. The van der Waals surface area contributed by atoms with E-state index in [1.165, 1.54) is 33.4 Å². The minimum atomic E-state index is -1.02. The molecule has 0 aromatic rings. The van der Waals surface area contributed by atoms with Gasteiger partial charge in [-0.3, -0.25) is 43.7 Å². The molecule has 0 spiro atoms. The largest absolute Gasteiger partial charge is 0.480 e. The van der Waals surface area contributed by atoms with E-state index < -0.39 is 113 Å². The van der Waals surface area contributed by atoms with Gasteiger partial charge in [-0.25, -0.2) is 33.6 Å². The average Bonchev–Trinajstić information content (AvgIpc) is 0.794. The van der Waals surface area contributed by atoms with Gasteiger partial charge in [-0.05, 0) is 244 Å². The van der Waals surface area contributed by atoms with E-state index in [0.29, 0.717) is 38.5 Å². The SMILES string of the molecule is C=C1C[C@H]2CC[C@@H]1N(C(=O)OC(C)(C)C)[C@@H]2C(=O)O.C=C1C[C@H]2CC[C@@H]1N(C(=O)OC(C)(C)C)[C@@H]2C(C)=O.CC(=O)[C@@H]1[C@@H]2CC[C@@H](C(=O)C2)N1C(=O)OC(C)(C)C.CC(=O)[C@@H]1[C@@H]2CC[C@@H]([C@@H](O)C2)N1C(=O)OC(C)(C)C.CC(C)(C)OC(=O)N1[C@H](C(=O)O)[C@@H]2CC[C@H]1[C@@H](O)C2. The number of hydrogen-bond acceptors (Lipinski definition) is 18. The lowest BCUT2D eigenvalue weighted by Gasteiger charge is -2.52. The van der Waals surface area contributed by atoms with Gasteiger partial charge in [0.25, 0.3) is 0 Å². The van der Waals surface area contributed by atoms with Crippen molar-refractivity contribution in [2.75, 3.05) is 0 Å². The molecule has 15 rings (SSSR count). The maximum absolute atomic E-state index is 12.4. The van der Waals surface area contributed by atoms with Gasteiger partial charge < -0.3 is 44.1 Å². The van der Waals surface area contributed by atoms with Crippen molar-refractivity contribution < 1.29 is 96.9 Å². The predicted octanol–water partition coefficient (Wildman–Crippen LogP) is 10.2. The van der Waals surface area contributed by atoms with E-state index in [1.54, 1.807) is 94.9 Å². The number of fused-ring (bicyclic) bond motifs is 15. The Hall–Kier alpha value is -6.63. The van der Waals surface area contributed by atoms with Gasteiger partial charge in [0.15, 0.2) is 23.1 Å². The van der Waals surface area contributed by atoms with Gasteiger partial charge in [-0.1, -0.05) is 24.3 Å². The van der Waals surface area contributed by atoms with Crippen LogP contribution >= 0.6 is 0 Å². The second-order valence-electron chi connectivity index (χ2n) is 32.5. The summed E-state index contributed by atoms with van der Waals surface area (Å²) in [5, 5.41) is 38.7. The molecule has 0 unspecified atom stereocenters. The summed E-state index contributed by atoms with van der Waals surface area (Å²) in [6.45, 7) is 39.4. The summed E-state index contributed by atoms with van der Waals surface area (Å²) in [4.78, 5) is 139. The monoisotopic (exact) mass is 1340 g/mol. The molecule has 10 aliphatic heterocycles. The first-order valence-corrected chi connectivity index (χ1v) is 33.8. The summed E-state index contributed by atoms with van der Waals surface area (Å²) in [7, 11) is 0. The highest BCUT2D eigenvalue weighted by atomic mass is 16.6. The van der Waals surface area contributed by atoms with Crippen LogP contribution in [0.1, 0.15) is 221 Å². The Morgan fingerprint density at radius 3 is 0.895 bits per heavy atom. The number of hydrogen-bond donors (Lipinski definition) is 4. The van der Waals surface area contributed by atoms with Crippen LogP contribution in [0.3, 0.4) is 0 Å². The molecule has 17 atom stereocenters. The minimum Gasteiger partial charge on any atom is -0.480 e. The molecule has 534 valence electrons. The number of carboxylic acid groups (broad SMARTS) is 2. The number of aliphatic carboxylic acids is 2. The average molecular weight is 1340 g/mol. The fourth-order valence-electron chi connectivity index (χ4n) is 15.8. The highest BCUT2D eigenvalue weighted by Crippen LogP contribution is 2.47. The van der Waals surface area contributed by atoms with Crippen LogP contribution in [0.15, 0.2) is 24.3 Å². The number of carbonyl (C=O) groups excluding carboxylic acids is 9. The number of piperidine rings is 10. The van der Waals surface area contributed by atoms with E-state index >= 15 is 0 Å². The molecule has 15 fully saturated rings. The maximum Gasteiger partial charge on any atom is 0.411 e. The fourth-order valence-corrected chi connectivity index (χ4v) is 15.8. The zero-order valence-electron chi connectivity index (χ0n) is 59.4. The van der Waals surface area contributed by atoms with Crippen LogP contribution in [0.2, 0.25) is 0 Å². The standard InChI is InChI=1S/C15H23NO3.C14H23NO4.2C14H21NO4.C13H21NO5/c1-9-8-11-6-7-12(9)16(13(11)10(2)17)14(18)19-15(3,4)5;2*1-8(16)12-9-5-6-10(11(17)7-9)15(12)13(18)19-14(2,3)4;1-8-7-9-5-6-10(8)15(11(9)12(16)17)13(18)19-14(2,3)4;1-13(2,3)19-12(18)14-8-5-4-7(6-9(8)15)10(14)11(16)17/h11-13H,1,6-8H2,2-5H3;9-12,17H,5-7H2,1-4H3;9-10,12H,5-7H2,1-4H3;9-11H,1,5-7H2,2-4H3,(H,16,17);7-10,15H,4-6H2,1-3H3,(H,16,17)/t11-,12+,13-;9-,10+,11+,12-;9-,10+,12-;9-,10+,11+;7-,8+,9+,10+/m11111/s1. The summed E-state index contributed by atoms with van der Waals surface area (Å²) in [5.41, 5.74) is -1.08. The zero-order valence-corrected chi connectivity index (χ0v) is 59.4. The first-order chi connectivity index (χ1) is 43.5. The number of rotatable bonds is 5. The Kier molecular flexibility index (Phi) is 24.1. The molecule has 10 bridgehead atoms. The van der Waals surface area contributed by atoms with Gasteiger partial charge in [0.1, 0.15) is 40.1 Å². The van der Waals surface area contributed by atoms with Gasteiger partial charge in [-0.2, -0.15) is 0 Å². The Balaban J connectivity index is 0.000000188. The maximum atomic E-state index is 12.4. The number of aliphatic hydroxyl groups is 2. The molecule has 10 saturated heterocycles. The number of carboxylic acids is 2. The molecule has 10 heterocycles. The molecule has 4 N–H and O–H groups in total. The summed E-state index contributed by atoms with van der Waals surface area (Å²) < 4.78 is 26.8. The van der Waals surface area contributed by atoms with E-state index in [1.807, 2.05) is 20.8 Å². The molecular weight excluding hydrogens is 1230 g/mol. The van der Waals surface area contributed by atoms with Crippen LogP contribution in [0.5, 0.6) is 0 Å². The Morgan fingerprint density at radius 1 is 0.358 bits per heavy atom. The number of carbonyl (C=O) groups is 11. The highest BCUT2D eigenvalue weighted by Gasteiger charge is 2.56. The van der Waals surface area contributed by atoms with Crippen molar-refractivity contribution in [2.45, 2.75) is 322 Å². The van der Waals surface area contributed by atoms with E-state index in [4.69, 9.17) is 23.7 Å². The lowest BCUT2D eigenvalue weighted by atomic mass is 9.71. The van der Waals surface area contributed by atoms with Gasteiger partial charge in [0.2, 0.25) is 0 Å². The second-order valence-corrected chi connectivity index (χ2v) is 32.5. The van der Waals surface area contributed by atoms with Crippen molar-refractivity contribution in [1.29, 1.82) is 0 Å². The minimum absolute atomic E-state index is 0.0209. The fraction of sp³-hybridized carbons (Fsp3) is 0.786. The second kappa shape index (κ2) is 29.6. The van der Waals surface area contributed by atoms with Gasteiger partial charge in [0.05, 0.1) is 60.5 Å². The normalized spacial score (nSPS) is 31.9. The summed E-state index contributed by atoms with van der Waals surface area (Å²) in [6, 6.07) is -4.35. The lowest BCUT2D eigenvalue weighted by Crippen LogP contribution is -2.65. The van der Waals surface area contributed by atoms with E-state index in [0.717, 1.165) is 68.9 Å². The third-order valence-electron chi connectivity index (χ3n) is 19.1. The van der Waals surface area contributed by atoms with Gasteiger partial charge >= 0.3 is 42.4 Å². The van der Waals surface area contributed by atoms with Gasteiger partial charge in [0, 0.05) is 6.42 Å². The topological polar surface area (TPSA) is 331 Å². The Labute approximate surface area is 560 Å². The third kappa shape index (κ3) is 18.9. The number of aliphatic hydroxyl groups excluding tert-OH is 2. The van der Waals surface area contributed by atoms with Crippen LogP contribution in [0.4, 0.5) is 24.0 Å².